The maximum Gasteiger partial charge on any atom is 0.261 e. The number of anilines is 1. The standard InChI is InChI=1S/C15H12N2O4S/c1-10-2-4-12(5-3-10)22(18,19)17-13-7-15-14(20-9-21-15)6-11(13)8-16/h2-7,17H,9H2,1H3. The fourth-order valence-electron chi connectivity index (χ4n) is 2.04. The molecule has 0 fully saturated rings. The van der Waals surface area contributed by atoms with Gasteiger partial charge in [0.05, 0.1) is 16.1 Å². The number of nitrogens with zero attached hydrogens (tertiary/aromatic N) is 1. The van der Waals surface area contributed by atoms with Crippen molar-refractivity contribution in [2.45, 2.75) is 11.8 Å². The van der Waals surface area contributed by atoms with E-state index in [4.69, 9.17) is 9.47 Å². The Bertz CT molecular complexity index is 868. The molecule has 3 rings (SSSR count). The molecule has 6 nitrogen and oxygen atoms in total. The van der Waals surface area contributed by atoms with Crippen LogP contribution in [0, 0.1) is 18.3 Å². The first-order chi connectivity index (χ1) is 10.5. The zero-order valence-electron chi connectivity index (χ0n) is 11.7. The number of hydrogen-bond acceptors (Lipinski definition) is 5. The van der Waals surface area contributed by atoms with Gasteiger partial charge in [-0.2, -0.15) is 5.26 Å². The summed E-state index contributed by atoms with van der Waals surface area (Å²) in [4.78, 5) is 0.125. The van der Waals surface area contributed by atoms with E-state index < -0.39 is 10.0 Å². The minimum absolute atomic E-state index is 0.0500. The molecule has 0 aromatic heterocycles. The van der Waals surface area contributed by atoms with Gasteiger partial charge in [-0.05, 0) is 19.1 Å². The third-order valence-corrected chi connectivity index (χ3v) is 4.59. The highest BCUT2D eigenvalue weighted by molar-refractivity contribution is 7.92. The molecule has 0 atom stereocenters. The number of rotatable bonds is 3. The molecule has 0 aliphatic carbocycles. The molecule has 0 saturated heterocycles. The second-order valence-corrected chi connectivity index (χ2v) is 6.46. The van der Waals surface area contributed by atoms with Gasteiger partial charge < -0.3 is 9.47 Å². The van der Waals surface area contributed by atoms with E-state index in [-0.39, 0.29) is 22.9 Å². The molecule has 7 heteroatoms. The van der Waals surface area contributed by atoms with Gasteiger partial charge in [0.1, 0.15) is 6.07 Å². The highest BCUT2D eigenvalue weighted by atomic mass is 32.2. The Morgan fingerprint density at radius 2 is 1.77 bits per heavy atom. The minimum Gasteiger partial charge on any atom is -0.454 e. The van der Waals surface area contributed by atoms with Gasteiger partial charge in [0.25, 0.3) is 10.0 Å². The molecular formula is C15H12N2O4S. The molecule has 1 N–H and O–H groups in total. The Hall–Kier alpha value is -2.72. The number of sulfonamides is 1. The van der Waals surface area contributed by atoms with Crippen molar-refractivity contribution in [3.05, 3.63) is 47.5 Å². The zero-order chi connectivity index (χ0) is 15.7. The van der Waals surface area contributed by atoms with E-state index in [2.05, 4.69) is 4.72 Å². The fourth-order valence-corrected chi connectivity index (χ4v) is 3.11. The lowest BCUT2D eigenvalue weighted by atomic mass is 10.2. The maximum absolute atomic E-state index is 12.4. The van der Waals surface area contributed by atoms with E-state index in [1.54, 1.807) is 12.1 Å². The number of nitrogens with one attached hydrogen (secondary N) is 1. The van der Waals surface area contributed by atoms with Crippen LogP contribution in [0.15, 0.2) is 41.3 Å². The van der Waals surface area contributed by atoms with Crippen LogP contribution in [0.1, 0.15) is 11.1 Å². The summed E-state index contributed by atoms with van der Waals surface area (Å²) in [6.07, 6.45) is 0. The highest BCUT2D eigenvalue weighted by Gasteiger charge is 2.21. The molecule has 0 unspecified atom stereocenters. The third-order valence-electron chi connectivity index (χ3n) is 3.21. The summed E-state index contributed by atoms with van der Waals surface area (Å²) in [6, 6.07) is 11.3. The van der Waals surface area contributed by atoms with Gasteiger partial charge in [0.15, 0.2) is 11.5 Å². The van der Waals surface area contributed by atoms with Gasteiger partial charge in [-0.3, -0.25) is 4.72 Å². The molecule has 112 valence electrons. The number of benzene rings is 2. The third kappa shape index (κ3) is 2.56. The molecule has 0 spiro atoms. The maximum atomic E-state index is 12.4. The molecule has 0 radical (unpaired) electrons. The average Bonchev–Trinajstić information content (AvgIpc) is 2.93. The van der Waals surface area contributed by atoms with Crippen LogP contribution in [0.4, 0.5) is 5.69 Å². The molecular weight excluding hydrogens is 304 g/mol. The Morgan fingerprint density at radius 1 is 1.14 bits per heavy atom. The van der Waals surface area contributed by atoms with Gasteiger partial charge in [-0.25, -0.2) is 8.42 Å². The number of aryl methyl sites for hydroxylation is 1. The van der Waals surface area contributed by atoms with Gasteiger partial charge in [0.2, 0.25) is 6.79 Å². The summed E-state index contributed by atoms with van der Waals surface area (Å²) in [6.45, 7) is 1.92. The van der Waals surface area contributed by atoms with Crippen molar-refractivity contribution in [1.82, 2.24) is 0 Å². The van der Waals surface area contributed by atoms with E-state index in [1.165, 1.54) is 24.3 Å². The van der Waals surface area contributed by atoms with E-state index in [9.17, 15) is 13.7 Å². The highest BCUT2D eigenvalue weighted by Crippen LogP contribution is 2.37. The van der Waals surface area contributed by atoms with Crippen molar-refractivity contribution in [3.63, 3.8) is 0 Å². The fraction of sp³-hybridized carbons (Fsp3) is 0.133. The van der Waals surface area contributed by atoms with Crippen LogP contribution >= 0.6 is 0 Å². The second-order valence-electron chi connectivity index (χ2n) is 4.78. The second kappa shape index (κ2) is 5.24. The zero-order valence-corrected chi connectivity index (χ0v) is 12.5. The molecule has 2 aromatic rings. The monoisotopic (exact) mass is 316 g/mol. The Balaban J connectivity index is 1.99. The molecule has 1 aliphatic rings. The predicted molar refractivity (Wildman–Crippen MR) is 79.3 cm³/mol. The van der Waals surface area contributed by atoms with E-state index >= 15 is 0 Å². The lowest BCUT2D eigenvalue weighted by Gasteiger charge is -2.10. The smallest absolute Gasteiger partial charge is 0.261 e. The predicted octanol–water partition coefficient (Wildman–Crippen LogP) is 2.40. The summed E-state index contributed by atoms with van der Waals surface area (Å²) in [5.74, 6) is 0.829. The van der Waals surface area contributed by atoms with Gasteiger partial charge in [-0.15, -0.1) is 0 Å². The Morgan fingerprint density at radius 3 is 2.41 bits per heavy atom. The van der Waals surface area contributed by atoms with Gasteiger partial charge in [0, 0.05) is 12.1 Å². The van der Waals surface area contributed by atoms with Crippen molar-refractivity contribution in [2.75, 3.05) is 11.5 Å². The molecule has 1 aliphatic heterocycles. The van der Waals surface area contributed by atoms with Crippen LogP contribution in [-0.2, 0) is 10.0 Å². The lowest BCUT2D eigenvalue weighted by Crippen LogP contribution is -2.13. The van der Waals surface area contributed by atoms with Crippen LogP contribution < -0.4 is 14.2 Å². The topological polar surface area (TPSA) is 88.4 Å². The SMILES string of the molecule is Cc1ccc(S(=O)(=O)Nc2cc3c(cc2C#N)OCO3)cc1. The summed E-state index contributed by atoms with van der Waals surface area (Å²) in [7, 11) is -3.78. The molecule has 1 heterocycles. The van der Waals surface area contributed by atoms with E-state index in [0.29, 0.717) is 11.5 Å². The van der Waals surface area contributed by atoms with E-state index in [1.807, 2.05) is 13.0 Å². The number of hydrogen-bond donors (Lipinski definition) is 1. The van der Waals surface area contributed by atoms with Crippen molar-refractivity contribution < 1.29 is 17.9 Å². The molecule has 0 amide bonds. The quantitative estimate of drug-likeness (QED) is 0.939. The van der Waals surface area contributed by atoms with Crippen molar-refractivity contribution in [3.8, 4) is 17.6 Å². The van der Waals surface area contributed by atoms with Crippen LogP contribution in [0.5, 0.6) is 11.5 Å². The van der Waals surface area contributed by atoms with Crippen LogP contribution in [-0.4, -0.2) is 15.2 Å². The van der Waals surface area contributed by atoms with Crippen LogP contribution in [0.25, 0.3) is 0 Å². The molecule has 22 heavy (non-hydrogen) atoms. The average molecular weight is 316 g/mol. The van der Waals surface area contributed by atoms with Crippen LogP contribution in [0.3, 0.4) is 0 Å². The Kier molecular flexibility index (Phi) is 3.39. The van der Waals surface area contributed by atoms with Gasteiger partial charge >= 0.3 is 0 Å². The van der Waals surface area contributed by atoms with Crippen molar-refractivity contribution in [1.29, 1.82) is 5.26 Å². The lowest BCUT2D eigenvalue weighted by molar-refractivity contribution is 0.174. The number of ether oxygens (including phenoxy) is 2. The first kappa shape index (κ1) is 14.2. The van der Waals surface area contributed by atoms with Gasteiger partial charge in [-0.1, -0.05) is 17.7 Å². The van der Waals surface area contributed by atoms with Crippen LogP contribution in [0.2, 0.25) is 0 Å². The van der Waals surface area contributed by atoms with Crippen molar-refractivity contribution >= 4 is 15.7 Å². The molecule has 0 saturated carbocycles. The number of fused-ring (bicyclic) bond motifs is 1. The largest absolute Gasteiger partial charge is 0.454 e. The number of nitriles is 1. The van der Waals surface area contributed by atoms with Crippen molar-refractivity contribution in [2.24, 2.45) is 0 Å². The summed E-state index contributed by atoms with van der Waals surface area (Å²) >= 11 is 0. The van der Waals surface area contributed by atoms with E-state index in [0.717, 1.165) is 5.56 Å². The molecule has 0 bridgehead atoms. The first-order valence-electron chi connectivity index (χ1n) is 6.43. The summed E-state index contributed by atoms with van der Waals surface area (Å²) in [5, 5.41) is 9.17. The molecule has 2 aromatic carbocycles. The summed E-state index contributed by atoms with van der Waals surface area (Å²) in [5.41, 5.74) is 1.28. The summed E-state index contributed by atoms with van der Waals surface area (Å²) < 4.78 is 37.6. The Labute approximate surface area is 128 Å². The first-order valence-corrected chi connectivity index (χ1v) is 7.91. The normalized spacial score (nSPS) is 12.7. The minimum atomic E-state index is -3.78.